The molecular weight excluding hydrogens is 494 g/mol. The number of amides is 1. The molecule has 0 atom stereocenters. The summed E-state index contributed by atoms with van der Waals surface area (Å²) in [6.45, 7) is 2.90. The zero-order valence-corrected chi connectivity index (χ0v) is 19.8. The number of hydrogen-bond donors (Lipinski definition) is 2. The molecule has 0 bridgehead atoms. The summed E-state index contributed by atoms with van der Waals surface area (Å²) in [5, 5.41) is 7.67. The van der Waals surface area contributed by atoms with Gasteiger partial charge in [0.15, 0.2) is 11.5 Å². The molecule has 8 heteroatoms. The number of hydrogen-bond acceptors (Lipinski definition) is 5. The third kappa shape index (κ3) is 7.28. The molecule has 0 saturated carbocycles. The highest BCUT2D eigenvalue weighted by molar-refractivity contribution is 9.10. The fraction of sp³-hybridized carbons (Fsp3) is 0.167. The highest BCUT2D eigenvalue weighted by atomic mass is 79.9. The van der Waals surface area contributed by atoms with Crippen molar-refractivity contribution in [3.63, 3.8) is 0 Å². The van der Waals surface area contributed by atoms with Gasteiger partial charge in [0, 0.05) is 10.7 Å². The second kappa shape index (κ2) is 12.1. The number of nitrogens with one attached hydrogen (secondary N) is 2. The molecule has 3 aromatic rings. The first kappa shape index (κ1) is 23.6. The summed E-state index contributed by atoms with van der Waals surface area (Å²) < 4.78 is 12.5. The molecule has 166 valence electrons. The van der Waals surface area contributed by atoms with Gasteiger partial charge in [0.1, 0.15) is 6.61 Å². The largest absolute Gasteiger partial charge is 0.490 e. The molecule has 3 rings (SSSR count). The predicted octanol–water partition coefficient (Wildman–Crippen LogP) is 5.64. The van der Waals surface area contributed by atoms with Gasteiger partial charge in [-0.2, -0.15) is 5.10 Å². The maximum absolute atomic E-state index is 12.0. The summed E-state index contributed by atoms with van der Waals surface area (Å²) in [6, 6.07) is 20.7. The Morgan fingerprint density at radius 3 is 2.56 bits per heavy atom. The van der Waals surface area contributed by atoms with Gasteiger partial charge in [0.05, 0.1) is 23.8 Å². The smallest absolute Gasteiger partial charge is 0.259 e. The second-order valence-corrected chi connectivity index (χ2v) is 7.98. The quantitative estimate of drug-likeness (QED) is 0.270. The number of carbonyl (C=O) groups is 1. The van der Waals surface area contributed by atoms with Crippen LogP contribution in [-0.4, -0.2) is 25.3 Å². The van der Waals surface area contributed by atoms with E-state index in [0.29, 0.717) is 29.7 Å². The van der Waals surface area contributed by atoms with Crippen LogP contribution in [0.5, 0.6) is 11.5 Å². The van der Waals surface area contributed by atoms with E-state index in [1.54, 1.807) is 30.5 Å². The van der Waals surface area contributed by atoms with Gasteiger partial charge in [-0.25, -0.2) is 5.43 Å². The first-order valence-electron chi connectivity index (χ1n) is 9.99. The fourth-order valence-electron chi connectivity index (χ4n) is 2.76. The Balaban J connectivity index is 1.59. The number of benzene rings is 3. The predicted molar refractivity (Wildman–Crippen MR) is 132 cm³/mol. The molecule has 0 radical (unpaired) electrons. The number of hydrazone groups is 1. The molecular formula is C24H23BrClN3O3. The van der Waals surface area contributed by atoms with Crippen molar-refractivity contribution in [3.05, 3.63) is 87.4 Å². The molecule has 0 aromatic heterocycles. The molecule has 32 heavy (non-hydrogen) atoms. The molecule has 0 aliphatic rings. The maximum atomic E-state index is 12.0. The minimum Gasteiger partial charge on any atom is -0.490 e. The summed E-state index contributed by atoms with van der Waals surface area (Å²) in [6.07, 6.45) is 1.55. The van der Waals surface area contributed by atoms with Crippen molar-refractivity contribution in [1.29, 1.82) is 0 Å². The molecule has 2 N–H and O–H groups in total. The molecule has 3 aromatic carbocycles. The van der Waals surface area contributed by atoms with Gasteiger partial charge in [0.2, 0.25) is 0 Å². The van der Waals surface area contributed by atoms with Gasteiger partial charge >= 0.3 is 0 Å². The number of carbonyl (C=O) groups excluding carboxylic acids is 1. The lowest BCUT2D eigenvalue weighted by Gasteiger charge is -2.14. The first-order chi connectivity index (χ1) is 15.5. The van der Waals surface area contributed by atoms with Crippen LogP contribution in [0.4, 0.5) is 5.69 Å². The van der Waals surface area contributed by atoms with Crippen molar-refractivity contribution < 1.29 is 14.3 Å². The van der Waals surface area contributed by atoms with Gasteiger partial charge in [-0.1, -0.05) is 41.9 Å². The van der Waals surface area contributed by atoms with E-state index < -0.39 is 0 Å². The molecule has 0 aliphatic heterocycles. The normalized spacial score (nSPS) is 10.7. The molecule has 0 saturated heterocycles. The molecule has 1 amide bonds. The van der Waals surface area contributed by atoms with E-state index in [1.807, 2.05) is 49.4 Å². The topological polar surface area (TPSA) is 72.0 Å². The van der Waals surface area contributed by atoms with Gasteiger partial charge in [0.25, 0.3) is 5.91 Å². The van der Waals surface area contributed by atoms with E-state index in [0.717, 1.165) is 21.3 Å². The van der Waals surface area contributed by atoms with Gasteiger partial charge < -0.3 is 14.8 Å². The van der Waals surface area contributed by atoms with Crippen LogP contribution in [0.15, 0.2) is 76.3 Å². The third-order valence-electron chi connectivity index (χ3n) is 4.26. The van der Waals surface area contributed by atoms with E-state index in [4.69, 9.17) is 21.1 Å². The van der Waals surface area contributed by atoms with E-state index in [1.165, 1.54) is 0 Å². The Morgan fingerprint density at radius 1 is 1.09 bits per heavy atom. The summed E-state index contributed by atoms with van der Waals surface area (Å²) in [5.41, 5.74) is 5.10. The highest BCUT2D eigenvalue weighted by Gasteiger charge is 2.12. The molecule has 0 aliphatic carbocycles. The summed E-state index contributed by atoms with van der Waals surface area (Å²) in [5.74, 6) is 0.933. The summed E-state index contributed by atoms with van der Waals surface area (Å²) >= 11 is 9.40. The number of nitrogens with zero attached hydrogens (tertiary/aromatic N) is 1. The van der Waals surface area contributed by atoms with Gasteiger partial charge in [-0.05, 0) is 70.4 Å². The van der Waals surface area contributed by atoms with Crippen LogP contribution in [0.2, 0.25) is 5.02 Å². The minimum atomic E-state index is -0.275. The van der Waals surface area contributed by atoms with Crippen LogP contribution in [0.1, 0.15) is 18.1 Å². The Kier molecular flexibility index (Phi) is 8.95. The van der Waals surface area contributed by atoms with E-state index in [2.05, 4.69) is 31.8 Å². The highest BCUT2D eigenvalue weighted by Crippen LogP contribution is 2.37. The van der Waals surface area contributed by atoms with Crippen LogP contribution < -0.4 is 20.2 Å². The third-order valence-corrected chi connectivity index (χ3v) is 5.10. The number of halogens is 2. The van der Waals surface area contributed by atoms with Crippen LogP contribution in [0.25, 0.3) is 0 Å². The van der Waals surface area contributed by atoms with Crippen molar-refractivity contribution in [2.75, 3.05) is 18.5 Å². The van der Waals surface area contributed by atoms with Crippen LogP contribution in [0, 0.1) is 0 Å². The molecule has 0 heterocycles. The Bertz CT molecular complexity index is 1060. The fourth-order valence-corrected chi connectivity index (χ4v) is 3.46. The molecule has 0 spiro atoms. The van der Waals surface area contributed by atoms with Crippen molar-refractivity contribution in [3.8, 4) is 11.5 Å². The van der Waals surface area contributed by atoms with E-state index >= 15 is 0 Å². The van der Waals surface area contributed by atoms with E-state index in [-0.39, 0.29) is 12.5 Å². The zero-order valence-electron chi connectivity index (χ0n) is 17.5. The minimum absolute atomic E-state index is 0.0825. The lowest BCUT2D eigenvalue weighted by molar-refractivity contribution is -0.119. The Morgan fingerprint density at radius 2 is 1.84 bits per heavy atom. The van der Waals surface area contributed by atoms with E-state index in [9.17, 15) is 4.79 Å². The summed E-state index contributed by atoms with van der Waals surface area (Å²) in [7, 11) is 0. The first-order valence-corrected chi connectivity index (χ1v) is 11.2. The molecule has 6 nitrogen and oxygen atoms in total. The van der Waals surface area contributed by atoms with Crippen molar-refractivity contribution in [2.24, 2.45) is 5.10 Å². The molecule has 0 unspecified atom stereocenters. The maximum Gasteiger partial charge on any atom is 0.259 e. The average Bonchev–Trinajstić information content (AvgIpc) is 2.79. The second-order valence-electron chi connectivity index (χ2n) is 6.69. The summed E-state index contributed by atoms with van der Waals surface area (Å²) in [4.78, 5) is 12.0. The van der Waals surface area contributed by atoms with Crippen LogP contribution in [0.3, 0.4) is 0 Å². The van der Waals surface area contributed by atoms with Crippen LogP contribution >= 0.6 is 27.5 Å². The lowest BCUT2D eigenvalue weighted by atomic mass is 10.2. The van der Waals surface area contributed by atoms with Gasteiger partial charge in [-0.15, -0.1) is 0 Å². The number of rotatable bonds is 10. The standard InChI is InChI=1S/C24H23BrClN3O3/c1-2-31-22-13-18(12-21(25)24(22)32-16-17-6-4-3-5-7-17)14-28-29-23(30)15-27-20-10-8-19(26)9-11-20/h3-14,27H,2,15-16H2,1H3,(H,29,30)/b28-14-. The van der Waals surface area contributed by atoms with Crippen molar-refractivity contribution >= 4 is 45.3 Å². The Labute approximate surface area is 200 Å². The van der Waals surface area contributed by atoms with Crippen molar-refractivity contribution in [2.45, 2.75) is 13.5 Å². The molecule has 0 fully saturated rings. The monoisotopic (exact) mass is 515 g/mol. The number of anilines is 1. The SMILES string of the molecule is CCOc1cc(/C=N\NC(=O)CNc2ccc(Cl)cc2)cc(Br)c1OCc1ccccc1. The van der Waals surface area contributed by atoms with Gasteiger partial charge in [-0.3, -0.25) is 4.79 Å². The Hall–Kier alpha value is -3.03. The number of ether oxygens (including phenoxy) is 2. The zero-order chi connectivity index (χ0) is 22.8. The average molecular weight is 517 g/mol. The lowest BCUT2D eigenvalue weighted by Crippen LogP contribution is -2.25. The van der Waals surface area contributed by atoms with Crippen molar-refractivity contribution in [1.82, 2.24) is 5.43 Å². The van der Waals surface area contributed by atoms with Crippen LogP contribution in [-0.2, 0) is 11.4 Å².